The molecule has 1 aliphatic rings. The summed E-state index contributed by atoms with van der Waals surface area (Å²) >= 11 is 0. The van der Waals surface area contributed by atoms with Crippen LogP contribution in [0.1, 0.15) is 52.9 Å². The molecule has 0 saturated carbocycles. The lowest BCUT2D eigenvalue weighted by Gasteiger charge is -2.31. The Bertz CT molecular complexity index is 318. The molecule has 2 amide bonds. The van der Waals surface area contributed by atoms with Gasteiger partial charge in [-0.25, -0.2) is 9.59 Å². The van der Waals surface area contributed by atoms with E-state index in [-0.39, 0.29) is 18.0 Å². The van der Waals surface area contributed by atoms with E-state index in [1.807, 2.05) is 4.90 Å². The third-order valence-corrected chi connectivity index (χ3v) is 3.82. The van der Waals surface area contributed by atoms with Crippen molar-refractivity contribution >= 4 is 12.0 Å². The van der Waals surface area contributed by atoms with Crippen LogP contribution in [0.3, 0.4) is 0 Å². The molecule has 1 aliphatic heterocycles. The van der Waals surface area contributed by atoms with Gasteiger partial charge in [0.1, 0.15) is 6.04 Å². The topological polar surface area (TPSA) is 69.6 Å². The van der Waals surface area contributed by atoms with Crippen LogP contribution in [-0.2, 0) is 4.79 Å². The number of carbonyl (C=O) groups is 2. The smallest absolute Gasteiger partial charge is 0.326 e. The number of carbonyl (C=O) groups excluding carboxylic acids is 1. The number of carboxylic acid groups (broad SMARTS) is 1. The van der Waals surface area contributed by atoms with Crippen LogP contribution in [0.25, 0.3) is 0 Å². The largest absolute Gasteiger partial charge is 0.480 e. The number of nitrogens with one attached hydrogen (secondary N) is 1. The van der Waals surface area contributed by atoms with Gasteiger partial charge < -0.3 is 15.3 Å². The Balaban J connectivity index is 2.70. The molecule has 0 bridgehead atoms. The van der Waals surface area contributed by atoms with Crippen molar-refractivity contribution in [3.63, 3.8) is 0 Å². The summed E-state index contributed by atoms with van der Waals surface area (Å²) in [6, 6.07) is -0.799. The molecule has 2 N–H and O–H groups in total. The third kappa shape index (κ3) is 4.40. The molecule has 2 atom stereocenters. The fourth-order valence-electron chi connectivity index (χ4n) is 2.60. The van der Waals surface area contributed by atoms with Crippen LogP contribution in [0.15, 0.2) is 0 Å². The van der Waals surface area contributed by atoms with Crippen molar-refractivity contribution in [3.05, 3.63) is 0 Å². The highest BCUT2D eigenvalue weighted by Gasteiger charge is 2.29. The first-order valence-corrected chi connectivity index (χ1v) is 7.27. The van der Waals surface area contributed by atoms with E-state index in [0.29, 0.717) is 0 Å². The molecule has 0 radical (unpaired) electrons. The second-order valence-corrected chi connectivity index (χ2v) is 5.61. The van der Waals surface area contributed by atoms with Gasteiger partial charge in [0.2, 0.25) is 0 Å². The summed E-state index contributed by atoms with van der Waals surface area (Å²) in [5.41, 5.74) is 0. The maximum absolute atomic E-state index is 12.3. The van der Waals surface area contributed by atoms with Crippen molar-refractivity contribution in [2.24, 2.45) is 5.92 Å². The Labute approximate surface area is 115 Å². The first-order valence-electron chi connectivity index (χ1n) is 7.27. The minimum absolute atomic E-state index is 0.117. The van der Waals surface area contributed by atoms with Crippen LogP contribution in [0, 0.1) is 5.92 Å². The third-order valence-electron chi connectivity index (χ3n) is 3.82. The molecule has 19 heavy (non-hydrogen) atoms. The van der Waals surface area contributed by atoms with Crippen molar-refractivity contribution in [2.45, 2.75) is 65.0 Å². The molecule has 5 heteroatoms. The number of rotatable bonds is 4. The van der Waals surface area contributed by atoms with Crippen LogP contribution in [0.4, 0.5) is 4.79 Å². The van der Waals surface area contributed by atoms with Crippen molar-refractivity contribution in [2.75, 3.05) is 6.54 Å². The van der Waals surface area contributed by atoms with E-state index in [0.717, 1.165) is 38.6 Å². The van der Waals surface area contributed by atoms with Crippen LogP contribution >= 0.6 is 0 Å². The zero-order valence-corrected chi connectivity index (χ0v) is 12.2. The van der Waals surface area contributed by atoms with Gasteiger partial charge in [0, 0.05) is 12.6 Å². The highest BCUT2D eigenvalue weighted by atomic mass is 16.4. The second-order valence-electron chi connectivity index (χ2n) is 5.61. The molecular formula is C14H26N2O3. The monoisotopic (exact) mass is 270 g/mol. The Morgan fingerprint density at radius 2 is 2.00 bits per heavy atom. The molecule has 1 fully saturated rings. The lowest BCUT2D eigenvalue weighted by molar-refractivity contribution is -0.140. The molecule has 5 nitrogen and oxygen atoms in total. The molecule has 0 aromatic heterocycles. The average molecular weight is 270 g/mol. The van der Waals surface area contributed by atoms with E-state index in [4.69, 9.17) is 5.11 Å². The Morgan fingerprint density at radius 1 is 1.32 bits per heavy atom. The van der Waals surface area contributed by atoms with E-state index < -0.39 is 12.0 Å². The lowest BCUT2D eigenvalue weighted by Crippen LogP contribution is -2.52. The van der Waals surface area contributed by atoms with Crippen LogP contribution in [0.5, 0.6) is 0 Å². The summed E-state index contributed by atoms with van der Waals surface area (Å²) in [4.78, 5) is 25.3. The summed E-state index contributed by atoms with van der Waals surface area (Å²) in [6.07, 6.45) is 5.24. The normalized spacial score (nSPS) is 21.9. The Kier molecular flexibility index (Phi) is 6.12. The predicted molar refractivity (Wildman–Crippen MR) is 74.0 cm³/mol. The molecule has 1 heterocycles. The Hall–Kier alpha value is -1.26. The number of nitrogens with zero attached hydrogens (tertiary/aromatic N) is 1. The number of carboxylic acids is 1. The summed E-state index contributed by atoms with van der Waals surface area (Å²) in [5, 5.41) is 11.8. The van der Waals surface area contributed by atoms with Gasteiger partial charge >= 0.3 is 12.0 Å². The summed E-state index contributed by atoms with van der Waals surface area (Å²) in [7, 11) is 0. The van der Waals surface area contributed by atoms with E-state index >= 15 is 0 Å². The SMILES string of the molecule is CCC1CCCCCN1C(=O)N[C@@H](C(=O)O)C(C)C. The van der Waals surface area contributed by atoms with Crippen LogP contribution in [-0.4, -0.2) is 40.6 Å². The maximum Gasteiger partial charge on any atom is 0.326 e. The highest BCUT2D eigenvalue weighted by Crippen LogP contribution is 2.19. The van der Waals surface area contributed by atoms with Crippen molar-refractivity contribution in [1.29, 1.82) is 0 Å². The molecule has 1 saturated heterocycles. The van der Waals surface area contributed by atoms with Crippen LogP contribution in [0.2, 0.25) is 0 Å². The highest BCUT2D eigenvalue weighted by molar-refractivity contribution is 5.83. The van der Waals surface area contributed by atoms with E-state index in [2.05, 4.69) is 12.2 Å². The fraction of sp³-hybridized carbons (Fsp3) is 0.857. The molecule has 0 aromatic rings. The number of urea groups is 1. The summed E-state index contributed by atoms with van der Waals surface area (Å²) < 4.78 is 0. The average Bonchev–Trinajstić information content (AvgIpc) is 2.59. The van der Waals surface area contributed by atoms with Gasteiger partial charge in [-0.2, -0.15) is 0 Å². The number of hydrogen-bond acceptors (Lipinski definition) is 2. The number of aliphatic carboxylic acids is 1. The van der Waals surface area contributed by atoms with E-state index in [1.165, 1.54) is 0 Å². The number of amides is 2. The van der Waals surface area contributed by atoms with Gasteiger partial charge in [0.15, 0.2) is 0 Å². The molecule has 1 unspecified atom stereocenters. The first kappa shape index (κ1) is 15.8. The van der Waals surface area contributed by atoms with Crippen molar-refractivity contribution in [1.82, 2.24) is 10.2 Å². The van der Waals surface area contributed by atoms with E-state index in [1.54, 1.807) is 13.8 Å². The van der Waals surface area contributed by atoms with Crippen molar-refractivity contribution in [3.8, 4) is 0 Å². The number of hydrogen-bond donors (Lipinski definition) is 2. The first-order chi connectivity index (χ1) is 8.97. The molecule has 0 spiro atoms. The number of likely N-dealkylation sites (tertiary alicyclic amines) is 1. The zero-order chi connectivity index (χ0) is 14.4. The summed E-state index contributed by atoms with van der Waals surface area (Å²) in [6.45, 7) is 6.42. The van der Waals surface area contributed by atoms with Gasteiger partial charge in [-0.05, 0) is 25.2 Å². The zero-order valence-electron chi connectivity index (χ0n) is 12.2. The lowest BCUT2D eigenvalue weighted by atomic mass is 10.0. The predicted octanol–water partition coefficient (Wildman–Crippen LogP) is 2.46. The maximum atomic E-state index is 12.3. The van der Waals surface area contributed by atoms with Crippen molar-refractivity contribution < 1.29 is 14.7 Å². The summed E-state index contributed by atoms with van der Waals surface area (Å²) in [5.74, 6) is -1.08. The minimum Gasteiger partial charge on any atom is -0.480 e. The van der Waals surface area contributed by atoms with Gasteiger partial charge in [-0.15, -0.1) is 0 Å². The van der Waals surface area contributed by atoms with Gasteiger partial charge in [-0.1, -0.05) is 33.6 Å². The molecule has 0 aliphatic carbocycles. The van der Waals surface area contributed by atoms with Gasteiger partial charge in [0.05, 0.1) is 0 Å². The molecule has 1 rings (SSSR count). The van der Waals surface area contributed by atoms with Gasteiger partial charge in [-0.3, -0.25) is 0 Å². The van der Waals surface area contributed by atoms with Crippen LogP contribution < -0.4 is 5.32 Å². The Morgan fingerprint density at radius 3 is 2.53 bits per heavy atom. The van der Waals surface area contributed by atoms with E-state index in [9.17, 15) is 9.59 Å². The minimum atomic E-state index is -0.966. The standard InChI is InChI=1S/C14H26N2O3/c1-4-11-8-6-5-7-9-16(11)14(19)15-12(10(2)3)13(17)18/h10-12H,4-9H2,1-3H3,(H,15,19)(H,17,18)/t11?,12-/m1/s1. The molecular weight excluding hydrogens is 244 g/mol. The molecule has 110 valence electrons. The molecule has 0 aromatic carbocycles. The quantitative estimate of drug-likeness (QED) is 0.824. The second kappa shape index (κ2) is 7.36. The van der Waals surface area contributed by atoms with Gasteiger partial charge in [0.25, 0.3) is 0 Å². The fourth-order valence-corrected chi connectivity index (χ4v) is 2.60.